The van der Waals surface area contributed by atoms with E-state index in [0.717, 1.165) is 56.0 Å². The van der Waals surface area contributed by atoms with Crippen molar-refractivity contribution in [1.82, 2.24) is 9.80 Å². The molecule has 26 heavy (non-hydrogen) atoms. The first-order valence-corrected chi connectivity index (χ1v) is 9.88. The number of nitrogens with zero attached hydrogens (tertiary/aromatic N) is 2. The number of halogens is 2. The molecular weight excluding hydrogens is 371 g/mol. The van der Waals surface area contributed by atoms with E-state index in [1.54, 1.807) is 11.3 Å². The molecule has 2 heterocycles. The number of carbonyl (C=O) groups excluding carboxylic acids is 1. The molecule has 0 saturated carbocycles. The van der Waals surface area contributed by atoms with E-state index in [4.69, 9.17) is 0 Å². The number of hydrogen-bond acceptors (Lipinski definition) is 3. The number of rotatable bonds is 3. The first-order valence-electron chi connectivity index (χ1n) is 9.07. The summed E-state index contributed by atoms with van der Waals surface area (Å²) in [5.41, 5.74) is 2.52. The van der Waals surface area contributed by atoms with Crippen LogP contribution < -0.4 is 0 Å². The smallest absolute Gasteiger partial charge is 0.264 e. The van der Waals surface area contributed by atoms with Gasteiger partial charge in [0.2, 0.25) is 0 Å². The molecular formula is C20H24ClFN2OS. The SMILES string of the molecule is Cl.O=C(c1cc2c(s1)CCCC2)N1CCN(Cc2ccc(F)cc2)CC1. The molecule has 4 rings (SSSR count). The van der Waals surface area contributed by atoms with Gasteiger partial charge in [-0.15, -0.1) is 23.7 Å². The van der Waals surface area contributed by atoms with Crippen molar-refractivity contribution in [2.24, 2.45) is 0 Å². The van der Waals surface area contributed by atoms with Gasteiger partial charge in [0.1, 0.15) is 5.82 Å². The van der Waals surface area contributed by atoms with Crippen molar-refractivity contribution in [2.75, 3.05) is 26.2 Å². The molecule has 2 aromatic rings. The lowest BCUT2D eigenvalue weighted by Gasteiger charge is -2.34. The van der Waals surface area contributed by atoms with Gasteiger partial charge < -0.3 is 4.90 Å². The molecule has 1 aliphatic heterocycles. The number of carbonyl (C=O) groups is 1. The summed E-state index contributed by atoms with van der Waals surface area (Å²) in [6.45, 7) is 4.09. The Morgan fingerprint density at radius 3 is 2.42 bits per heavy atom. The lowest BCUT2D eigenvalue weighted by Crippen LogP contribution is -2.48. The second kappa shape index (κ2) is 8.51. The van der Waals surface area contributed by atoms with Crippen LogP contribution in [0.3, 0.4) is 0 Å². The maximum Gasteiger partial charge on any atom is 0.264 e. The number of thiophene rings is 1. The van der Waals surface area contributed by atoms with Gasteiger partial charge in [-0.1, -0.05) is 12.1 Å². The fraction of sp³-hybridized carbons (Fsp3) is 0.450. The second-order valence-electron chi connectivity index (χ2n) is 6.96. The molecule has 0 bridgehead atoms. The van der Waals surface area contributed by atoms with E-state index in [1.807, 2.05) is 17.0 Å². The number of aryl methyl sites for hydroxylation is 2. The van der Waals surface area contributed by atoms with Crippen LogP contribution >= 0.6 is 23.7 Å². The van der Waals surface area contributed by atoms with Gasteiger partial charge in [-0.25, -0.2) is 4.39 Å². The van der Waals surface area contributed by atoms with Crippen LogP contribution in [0, 0.1) is 5.82 Å². The molecule has 2 aliphatic rings. The van der Waals surface area contributed by atoms with Gasteiger partial charge in [0.05, 0.1) is 4.88 Å². The zero-order valence-corrected chi connectivity index (χ0v) is 16.4. The van der Waals surface area contributed by atoms with Crippen molar-refractivity contribution in [3.8, 4) is 0 Å². The number of fused-ring (bicyclic) bond motifs is 1. The third-order valence-corrected chi connectivity index (χ3v) is 6.41. The van der Waals surface area contributed by atoms with E-state index in [9.17, 15) is 9.18 Å². The maximum absolute atomic E-state index is 13.0. The molecule has 1 aromatic heterocycles. The van der Waals surface area contributed by atoms with Gasteiger partial charge in [-0.2, -0.15) is 0 Å². The fourth-order valence-corrected chi connectivity index (χ4v) is 4.93. The molecule has 0 radical (unpaired) electrons. The summed E-state index contributed by atoms with van der Waals surface area (Å²) in [5.74, 6) is -0.00126. The van der Waals surface area contributed by atoms with Gasteiger partial charge in [-0.05, 0) is 55.0 Å². The third-order valence-electron chi connectivity index (χ3n) is 5.19. The zero-order chi connectivity index (χ0) is 17.2. The topological polar surface area (TPSA) is 23.6 Å². The van der Waals surface area contributed by atoms with Crippen molar-refractivity contribution in [2.45, 2.75) is 32.2 Å². The first kappa shape index (κ1) is 19.3. The molecule has 1 aromatic carbocycles. The van der Waals surface area contributed by atoms with Crippen LogP contribution in [0.4, 0.5) is 4.39 Å². The summed E-state index contributed by atoms with van der Waals surface area (Å²) in [5, 5.41) is 0. The molecule has 1 aliphatic carbocycles. The predicted octanol–water partition coefficient (Wildman–Crippen LogP) is 4.15. The lowest BCUT2D eigenvalue weighted by molar-refractivity contribution is 0.0633. The molecule has 0 atom stereocenters. The van der Waals surface area contributed by atoms with Gasteiger partial charge in [0.25, 0.3) is 5.91 Å². The van der Waals surface area contributed by atoms with Crippen LogP contribution in [0.1, 0.15) is 38.5 Å². The van der Waals surface area contributed by atoms with Crippen molar-refractivity contribution >= 4 is 29.7 Å². The van der Waals surface area contributed by atoms with Crippen LogP contribution in [-0.4, -0.2) is 41.9 Å². The Labute approximate surface area is 164 Å². The number of benzene rings is 1. The Bertz CT molecular complexity index is 730. The Morgan fingerprint density at radius 2 is 1.73 bits per heavy atom. The first-order chi connectivity index (χ1) is 12.2. The number of hydrogen-bond donors (Lipinski definition) is 0. The minimum atomic E-state index is -0.196. The number of amides is 1. The summed E-state index contributed by atoms with van der Waals surface area (Å²) >= 11 is 1.70. The summed E-state index contributed by atoms with van der Waals surface area (Å²) < 4.78 is 13.0. The minimum absolute atomic E-state index is 0. The molecule has 1 saturated heterocycles. The Kier molecular flexibility index (Phi) is 6.33. The van der Waals surface area contributed by atoms with Crippen LogP contribution in [0.2, 0.25) is 0 Å². The Hall–Kier alpha value is -1.43. The zero-order valence-electron chi connectivity index (χ0n) is 14.7. The summed E-state index contributed by atoms with van der Waals surface area (Å²) in [4.78, 5) is 19.4. The fourth-order valence-electron chi connectivity index (χ4n) is 3.71. The van der Waals surface area contributed by atoms with E-state index in [2.05, 4.69) is 11.0 Å². The second-order valence-corrected chi connectivity index (χ2v) is 8.10. The van der Waals surface area contributed by atoms with E-state index in [0.29, 0.717) is 0 Å². The summed E-state index contributed by atoms with van der Waals surface area (Å²) in [6.07, 6.45) is 4.77. The van der Waals surface area contributed by atoms with Crippen molar-refractivity contribution in [3.05, 3.63) is 57.0 Å². The molecule has 0 unspecified atom stereocenters. The Morgan fingerprint density at radius 1 is 1.04 bits per heavy atom. The summed E-state index contributed by atoms with van der Waals surface area (Å²) in [7, 11) is 0. The monoisotopic (exact) mass is 394 g/mol. The molecule has 140 valence electrons. The highest BCUT2D eigenvalue weighted by Crippen LogP contribution is 2.30. The van der Waals surface area contributed by atoms with Crippen LogP contribution in [0.15, 0.2) is 30.3 Å². The largest absolute Gasteiger partial charge is 0.335 e. The van der Waals surface area contributed by atoms with E-state index >= 15 is 0 Å². The average molecular weight is 395 g/mol. The lowest BCUT2D eigenvalue weighted by atomic mass is 9.99. The molecule has 1 amide bonds. The molecule has 0 N–H and O–H groups in total. The van der Waals surface area contributed by atoms with Gasteiger partial charge in [-0.3, -0.25) is 9.69 Å². The highest BCUT2D eigenvalue weighted by atomic mass is 35.5. The summed E-state index contributed by atoms with van der Waals surface area (Å²) in [6, 6.07) is 8.82. The maximum atomic E-state index is 13.0. The third kappa shape index (κ3) is 4.27. The van der Waals surface area contributed by atoms with Gasteiger partial charge in [0.15, 0.2) is 0 Å². The van der Waals surface area contributed by atoms with Crippen LogP contribution in [0.5, 0.6) is 0 Å². The van der Waals surface area contributed by atoms with Crippen LogP contribution in [-0.2, 0) is 19.4 Å². The van der Waals surface area contributed by atoms with E-state index in [1.165, 1.54) is 35.4 Å². The number of piperazine rings is 1. The minimum Gasteiger partial charge on any atom is -0.335 e. The molecule has 6 heteroatoms. The highest BCUT2D eigenvalue weighted by molar-refractivity contribution is 7.14. The quantitative estimate of drug-likeness (QED) is 0.780. The van der Waals surface area contributed by atoms with Gasteiger partial charge >= 0.3 is 0 Å². The predicted molar refractivity (Wildman–Crippen MR) is 106 cm³/mol. The van der Waals surface area contributed by atoms with Crippen molar-refractivity contribution in [1.29, 1.82) is 0 Å². The molecule has 1 fully saturated rings. The van der Waals surface area contributed by atoms with Crippen molar-refractivity contribution < 1.29 is 9.18 Å². The van der Waals surface area contributed by atoms with Crippen LogP contribution in [0.25, 0.3) is 0 Å². The van der Waals surface area contributed by atoms with Crippen molar-refractivity contribution in [3.63, 3.8) is 0 Å². The average Bonchev–Trinajstić information content (AvgIpc) is 3.08. The van der Waals surface area contributed by atoms with E-state index < -0.39 is 0 Å². The van der Waals surface area contributed by atoms with E-state index in [-0.39, 0.29) is 24.1 Å². The molecule has 3 nitrogen and oxygen atoms in total. The van der Waals surface area contributed by atoms with Gasteiger partial charge in [0, 0.05) is 37.6 Å². The Balaban J connectivity index is 0.00000196. The highest BCUT2D eigenvalue weighted by Gasteiger charge is 2.25. The molecule has 0 spiro atoms. The normalized spacial score (nSPS) is 17.5. The standard InChI is InChI=1S/C20H23FN2OS.ClH/c21-17-7-5-15(6-8-17)14-22-9-11-23(12-10-22)20(24)19-13-16-3-1-2-4-18(16)25-19;/h5-8,13H,1-4,9-12,14H2;1H.